The zero-order valence-corrected chi connectivity index (χ0v) is 11.0. The zero-order chi connectivity index (χ0) is 13.5. The third kappa shape index (κ3) is 4.28. The highest BCUT2D eigenvalue weighted by Crippen LogP contribution is 2.22. The van der Waals surface area contributed by atoms with Crippen molar-refractivity contribution in [1.82, 2.24) is 0 Å². The van der Waals surface area contributed by atoms with Gasteiger partial charge in [-0.15, -0.1) is 0 Å². The molecular formula is C12H10Cl2N2O2. The minimum absolute atomic E-state index is 0.132. The standard InChI is InChI=1S/C12H10Cl2N2O2/c1-2-18-12(17)8(6-15)7-16-11-4-9(13)3-10(14)5-11/h3-5,7,16H,2H2,1H3/b8-7+. The zero-order valence-electron chi connectivity index (χ0n) is 9.54. The van der Waals surface area contributed by atoms with Crippen molar-refractivity contribution in [3.05, 3.63) is 40.0 Å². The second-order valence-electron chi connectivity index (χ2n) is 3.19. The van der Waals surface area contributed by atoms with Crippen LogP contribution in [-0.2, 0) is 9.53 Å². The van der Waals surface area contributed by atoms with Crippen molar-refractivity contribution in [2.45, 2.75) is 6.92 Å². The van der Waals surface area contributed by atoms with Gasteiger partial charge in [-0.3, -0.25) is 0 Å². The molecule has 0 aliphatic rings. The van der Waals surface area contributed by atoms with Gasteiger partial charge in [0.05, 0.1) is 6.61 Å². The van der Waals surface area contributed by atoms with Crippen LogP contribution in [0.25, 0.3) is 0 Å². The first-order valence-electron chi connectivity index (χ1n) is 5.07. The van der Waals surface area contributed by atoms with E-state index in [-0.39, 0.29) is 12.2 Å². The molecule has 0 heterocycles. The molecule has 0 saturated carbocycles. The molecule has 0 saturated heterocycles. The lowest BCUT2D eigenvalue weighted by Gasteiger charge is -2.04. The molecule has 0 spiro atoms. The average Bonchev–Trinajstić information content (AvgIpc) is 2.29. The number of hydrogen-bond acceptors (Lipinski definition) is 4. The maximum Gasteiger partial charge on any atom is 0.350 e. The number of carbonyl (C=O) groups excluding carboxylic acids is 1. The second-order valence-corrected chi connectivity index (χ2v) is 4.07. The molecule has 6 heteroatoms. The van der Waals surface area contributed by atoms with Crippen LogP contribution in [0, 0.1) is 11.3 Å². The number of carbonyl (C=O) groups is 1. The van der Waals surface area contributed by atoms with Gasteiger partial charge in [-0.2, -0.15) is 5.26 Å². The van der Waals surface area contributed by atoms with Crippen LogP contribution in [0.15, 0.2) is 30.0 Å². The predicted molar refractivity (Wildman–Crippen MR) is 70.4 cm³/mol. The van der Waals surface area contributed by atoms with Crippen molar-refractivity contribution in [3.8, 4) is 6.07 Å². The normalized spacial score (nSPS) is 10.7. The summed E-state index contributed by atoms with van der Waals surface area (Å²) in [5.74, 6) is -0.680. The Labute approximate surface area is 115 Å². The molecule has 1 rings (SSSR count). The van der Waals surface area contributed by atoms with Crippen LogP contribution in [0.1, 0.15) is 6.92 Å². The fourth-order valence-electron chi connectivity index (χ4n) is 1.14. The van der Waals surface area contributed by atoms with Gasteiger partial charge in [0.2, 0.25) is 0 Å². The average molecular weight is 285 g/mol. The van der Waals surface area contributed by atoms with E-state index in [0.717, 1.165) is 0 Å². The van der Waals surface area contributed by atoms with E-state index in [2.05, 4.69) is 5.32 Å². The lowest BCUT2D eigenvalue weighted by molar-refractivity contribution is -0.138. The molecule has 0 atom stereocenters. The molecular weight excluding hydrogens is 275 g/mol. The number of nitriles is 1. The summed E-state index contributed by atoms with van der Waals surface area (Å²) in [7, 11) is 0. The summed E-state index contributed by atoms with van der Waals surface area (Å²) in [6, 6.07) is 6.55. The molecule has 0 aliphatic carbocycles. The lowest BCUT2D eigenvalue weighted by atomic mass is 10.3. The van der Waals surface area contributed by atoms with E-state index in [1.165, 1.54) is 6.20 Å². The number of ether oxygens (including phenoxy) is 1. The summed E-state index contributed by atoms with van der Waals surface area (Å²) in [4.78, 5) is 11.3. The van der Waals surface area contributed by atoms with Crippen LogP contribution in [-0.4, -0.2) is 12.6 Å². The molecule has 0 radical (unpaired) electrons. The fourth-order valence-corrected chi connectivity index (χ4v) is 1.66. The molecule has 1 aromatic rings. The predicted octanol–water partition coefficient (Wildman–Crippen LogP) is 3.38. The lowest BCUT2D eigenvalue weighted by Crippen LogP contribution is -2.07. The van der Waals surface area contributed by atoms with Gasteiger partial charge in [0.15, 0.2) is 5.57 Å². The van der Waals surface area contributed by atoms with Crippen LogP contribution in [0.3, 0.4) is 0 Å². The van der Waals surface area contributed by atoms with E-state index in [0.29, 0.717) is 15.7 Å². The summed E-state index contributed by atoms with van der Waals surface area (Å²) in [5, 5.41) is 12.5. The van der Waals surface area contributed by atoms with Crippen LogP contribution >= 0.6 is 23.2 Å². The summed E-state index contributed by atoms with van der Waals surface area (Å²) < 4.78 is 4.71. The van der Waals surface area contributed by atoms with Crippen molar-refractivity contribution in [2.24, 2.45) is 0 Å². The topological polar surface area (TPSA) is 62.1 Å². The largest absolute Gasteiger partial charge is 0.462 e. The first-order valence-corrected chi connectivity index (χ1v) is 5.82. The molecule has 94 valence electrons. The fraction of sp³-hybridized carbons (Fsp3) is 0.167. The number of esters is 1. The van der Waals surface area contributed by atoms with Gasteiger partial charge in [0.1, 0.15) is 6.07 Å². The minimum Gasteiger partial charge on any atom is -0.462 e. The molecule has 0 aromatic heterocycles. The minimum atomic E-state index is -0.680. The van der Waals surface area contributed by atoms with Gasteiger partial charge in [-0.1, -0.05) is 23.2 Å². The highest BCUT2D eigenvalue weighted by Gasteiger charge is 2.09. The first kappa shape index (κ1) is 14.4. The number of nitrogens with zero attached hydrogens (tertiary/aromatic N) is 1. The Bertz CT molecular complexity index is 501. The number of benzene rings is 1. The van der Waals surface area contributed by atoms with Crippen molar-refractivity contribution in [2.75, 3.05) is 11.9 Å². The second kappa shape index (κ2) is 6.90. The Morgan fingerprint density at radius 3 is 2.56 bits per heavy atom. The van der Waals surface area contributed by atoms with E-state index in [1.54, 1.807) is 31.2 Å². The van der Waals surface area contributed by atoms with E-state index in [9.17, 15) is 4.79 Å². The van der Waals surface area contributed by atoms with E-state index >= 15 is 0 Å². The number of anilines is 1. The Balaban J connectivity index is 2.83. The highest BCUT2D eigenvalue weighted by atomic mass is 35.5. The van der Waals surface area contributed by atoms with Gasteiger partial charge >= 0.3 is 5.97 Å². The molecule has 0 fully saturated rings. The van der Waals surface area contributed by atoms with E-state index in [4.69, 9.17) is 33.2 Å². The van der Waals surface area contributed by atoms with Gasteiger partial charge < -0.3 is 10.1 Å². The molecule has 1 aromatic carbocycles. The number of nitrogens with one attached hydrogen (secondary N) is 1. The van der Waals surface area contributed by atoms with Gasteiger partial charge in [-0.25, -0.2) is 4.79 Å². The Morgan fingerprint density at radius 1 is 1.44 bits per heavy atom. The van der Waals surface area contributed by atoms with Crippen LogP contribution < -0.4 is 5.32 Å². The van der Waals surface area contributed by atoms with Crippen LogP contribution in [0.4, 0.5) is 5.69 Å². The van der Waals surface area contributed by atoms with E-state index < -0.39 is 5.97 Å². The molecule has 0 amide bonds. The van der Waals surface area contributed by atoms with Crippen molar-refractivity contribution in [3.63, 3.8) is 0 Å². The smallest absolute Gasteiger partial charge is 0.350 e. The SMILES string of the molecule is CCOC(=O)/C(C#N)=C/Nc1cc(Cl)cc(Cl)c1. The molecule has 4 nitrogen and oxygen atoms in total. The molecule has 18 heavy (non-hydrogen) atoms. The molecule has 1 N–H and O–H groups in total. The highest BCUT2D eigenvalue weighted by molar-refractivity contribution is 6.35. The summed E-state index contributed by atoms with van der Waals surface area (Å²) in [6.45, 7) is 1.87. The summed E-state index contributed by atoms with van der Waals surface area (Å²) in [6.07, 6.45) is 1.25. The maximum atomic E-state index is 11.3. The third-order valence-corrected chi connectivity index (χ3v) is 2.30. The third-order valence-electron chi connectivity index (χ3n) is 1.86. The number of hydrogen-bond donors (Lipinski definition) is 1. The number of rotatable bonds is 4. The van der Waals surface area contributed by atoms with Crippen LogP contribution in [0.5, 0.6) is 0 Å². The van der Waals surface area contributed by atoms with Gasteiger partial charge in [0, 0.05) is 21.9 Å². The van der Waals surface area contributed by atoms with E-state index in [1.807, 2.05) is 0 Å². The quantitative estimate of drug-likeness (QED) is 0.523. The summed E-state index contributed by atoms with van der Waals surface area (Å²) in [5.41, 5.74) is 0.442. The summed E-state index contributed by atoms with van der Waals surface area (Å²) >= 11 is 11.6. The Hall–Kier alpha value is -1.70. The first-order chi connectivity index (χ1) is 8.56. The molecule has 0 bridgehead atoms. The molecule has 0 aliphatic heterocycles. The van der Waals surface area contributed by atoms with Crippen molar-refractivity contribution >= 4 is 34.9 Å². The van der Waals surface area contributed by atoms with Gasteiger partial charge in [0.25, 0.3) is 0 Å². The Morgan fingerprint density at radius 2 is 2.06 bits per heavy atom. The maximum absolute atomic E-state index is 11.3. The van der Waals surface area contributed by atoms with Crippen molar-refractivity contribution < 1.29 is 9.53 Å². The van der Waals surface area contributed by atoms with Crippen molar-refractivity contribution in [1.29, 1.82) is 5.26 Å². The van der Waals surface area contributed by atoms with Gasteiger partial charge in [-0.05, 0) is 25.1 Å². The van der Waals surface area contributed by atoms with Crippen LogP contribution in [0.2, 0.25) is 10.0 Å². The monoisotopic (exact) mass is 284 g/mol. The molecule has 0 unspecified atom stereocenters. The number of halogens is 2. The Kier molecular flexibility index (Phi) is 5.50.